The normalized spacial score (nSPS) is 14.2. The smallest absolute Gasteiger partial charge is 0.247 e. The van der Waals surface area contributed by atoms with E-state index in [1.807, 2.05) is 0 Å². The highest BCUT2D eigenvalue weighted by Crippen LogP contribution is 2.21. The molecule has 0 radical (unpaired) electrons. The number of piperazine rings is 1. The number of nitrogens with one attached hydrogen (secondary N) is 1. The summed E-state index contributed by atoms with van der Waals surface area (Å²) in [6.45, 7) is 5.33. The maximum atomic E-state index is 13.4. The fraction of sp³-hybridized carbons (Fsp3) is 0.250. The van der Waals surface area contributed by atoms with Gasteiger partial charge in [-0.3, -0.25) is 0 Å². The second kappa shape index (κ2) is 7.75. The van der Waals surface area contributed by atoms with Crippen LogP contribution in [0.4, 0.5) is 31.9 Å². The number of anilines is 4. The number of hydrogen-bond donors (Lipinski definition) is 1. The Kier molecular flexibility index (Phi) is 5.01. The fourth-order valence-electron chi connectivity index (χ4n) is 3.20. The first-order valence-corrected chi connectivity index (χ1v) is 9.07. The van der Waals surface area contributed by atoms with Crippen LogP contribution in [0.2, 0.25) is 0 Å². The van der Waals surface area contributed by atoms with Crippen molar-refractivity contribution in [1.29, 1.82) is 0 Å². The van der Waals surface area contributed by atoms with Gasteiger partial charge in [-0.15, -0.1) is 5.10 Å². The number of aryl methyl sites for hydroxylation is 1. The fourth-order valence-corrected chi connectivity index (χ4v) is 3.20. The molecular formula is C20H20F2N6. The third-order valence-corrected chi connectivity index (χ3v) is 4.67. The van der Waals surface area contributed by atoms with E-state index in [9.17, 15) is 8.78 Å². The van der Waals surface area contributed by atoms with E-state index < -0.39 is 11.6 Å². The quantitative estimate of drug-likeness (QED) is 0.745. The molecule has 0 unspecified atom stereocenters. The first-order valence-electron chi connectivity index (χ1n) is 9.07. The molecule has 3 aromatic rings. The molecule has 2 aromatic carbocycles. The van der Waals surface area contributed by atoms with E-state index in [-0.39, 0.29) is 0 Å². The van der Waals surface area contributed by atoms with Crippen molar-refractivity contribution in [3.05, 3.63) is 65.9 Å². The van der Waals surface area contributed by atoms with E-state index >= 15 is 0 Å². The summed E-state index contributed by atoms with van der Waals surface area (Å²) < 4.78 is 26.4. The average Bonchev–Trinajstić information content (AvgIpc) is 2.71. The van der Waals surface area contributed by atoms with E-state index in [1.54, 1.807) is 0 Å². The summed E-state index contributed by atoms with van der Waals surface area (Å²) in [5, 5.41) is 11.0. The lowest BCUT2D eigenvalue weighted by Gasteiger charge is -2.36. The Morgan fingerprint density at radius 3 is 2.46 bits per heavy atom. The van der Waals surface area contributed by atoms with E-state index in [0.717, 1.165) is 38.3 Å². The van der Waals surface area contributed by atoms with Crippen molar-refractivity contribution in [3.63, 3.8) is 0 Å². The van der Waals surface area contributed by atoms with Gasteiger partial charge in [-0.25, -0.2) is 8.78 Å². The minimum atomic E-state index is -0.917. The topological polar surface area (TPSA) is 57.2 Å². The summed E-state index contributed by atoms with van der Waals surface area (Å²) in [4.78, 5) is 8.86. The molecule has 6 nitrogen and oxygen atoms in total. The highest BCUT2D eigenvalue weighted by molar-refractivity contribution is 5.56. The van der Waals surface area contributed by atoms with Crippen molar-refractivity contribution in [2.45, 2.75) is 6.92 Å². The largest absolute Gasteiger partial charge is 0.368 e. The van der Waals surface area contributed by atoms with Crippen molar-refractivity contribution in [2.24, 2.45) is 0 Å². The van der Waals surface area contributed by atoms with Gasteiger partial charge in [0.25, 0.3) is 0 Å². The SMILES string of the molecule is Cc1cccc(N2CCN(c3nncc(Nc4ccc(F)c(F)c4)n3)CC2)c1. The zero-order chi connectivity index (χ0) is 19.5. The first-order chi connectivity index (χ1) is 13.6. The summed E-state index contributed by atoms with van der Waals surface area (Å²) >= 11 is 0. The Hall–Kier alpha value is -3.29. The maximum Gasteiger partial charge on any atom is 0.247 e. The molecule has 1 aliphatic heterocycles. The van der Waals surface area contributed by atoms with Gasteiger partial charge in [-0.1, -0.05) is 12.1 Å². The number of nitrogens with zero attached hydrogens (tertiary/aromatic N) is 5. The molecule has 0 aliphatic carbocycles. The minimum Gasteiger partial charge on any atom is -0.368 e. The predicted molar refractivity (Wildman–Crippen MR) is 105 cm³/mol. The second-order valence-corrected chi connectivity index (χ2v) is 6.71. The summed E-state index contributed by atoms with van der Waals surface area (Å²) in [6, 6.07) is 12.0. The average molecular weight is 382 g/mol. The lowest BCUT2D eigenvalue weighted by atomic mass is 10.2. The summed E-state index contributed by atoms with van der Waals surface area (Å²) in [7, 11) is 0. The zero-order valence-corrected chi connectivity index (χ0v) is 15.4. The summed E-state index contributed by atoms with van der Waals surface area (Å²) in [5.41, 5.74) is 2.85. The van der Waals surface area contributed by atoms with Gasteiger partial charge in [0, 0.05) is 43.6 Å². The maximum absolute atomic E-state index is 13.4. The Labute approximate surface area is 161 Å². The number of hydrogen-bond acceptors (Lipinski definition) is 6. The summed E-state index contributed by atoms with van der Waals surface area (Å²) in [5.74, 6) is -0.869. The lowest BCUT2D eigenvalue weighted by Crippen LogP contribution is -2.47. The van der Waals surface area contributed by atoms with Crippen molar-refractivity contribution >= 4 is 23.1 Å². The number of aromatic nitrogens is 3. The highest BCUT2D eigenvalue weighted by Gasteiger charge is 2.20. The van der Waals surface area contributed by atoms with Gasteiger partial charge in [-0.2, -0.15) is 10.1 Å². The van der Waals surface area contributed by atoms with Crippen LogP contribution < -0.4 is 15.1 Å². The monoisotopic (exact) mass is 382 g/mol. The number of benzene rings is 2. The molecule has 0 bridgehead atoms. The van der Waals surface area contributed by atoms with Crippen LogP contribution in [0, 0.1) is 18.6 Å². The number of halogens is 2. The van der Waals surface area contributed by atoms with Gasteiger partial charge in [0.1, 0.15) is 0 Å². The molecule has 8 heteroatoms. The molecule has 0 atom stereocenters. The molecular weight excluding hydrogens is 362 g/mol. The summed E-state index contributed by atoms with van der Waals surface area (Å²) in [6.07, 6.45) is 1.45. The molecule has 1 aliphatic rings. The second-order valence-electron chi connectivity index (χ2n) is 6.71. The van der Waals surface area contributed by atoms with E-state index in [2.05, 4.69) is 61.5 Å². The molecule has 1 fully saturated rings. The third kappa shape index (κ3) is 4.00. The van der Waals surface area contributed by atoms with E-state index in [4.69, 9.17) is 0 Å². The first kappa shape index (κ1) is 18.1. The van der Waals surface area contributed by atoms with Gasteiger partial charge in [0.2, 0.25) is 5.95 Å². The van der Waals surface area contributed by atoms with Crippen LogP contribution in [0.25, 0.3) is 0 Å². The van der Waals surface area contributed by atoms with Crippen molar-refractivity contribution in [2.75, 3.05) is 41.3 Å². The standard InChI is InChI=1S/C20H20F2N6/c1-14-3-2-4-16(11-14)27-7-9-28(10-8-27)20-25-19(13-23-26-20)24-15-5-6-17(21)18(22)12-15/h2-6,11-13H,7-10H2,1H3,(H,24,25,26). The molecule has 4 rings (SSSR count). The molecule has 1 N–H and O–H groups in total. The Bertz CT molecular complexity index is 972. The zero-order valence-electron chi connectivity index (χ0n) is 15.4. The predicted octanol–water partition coefficient (Wildman–Crippen LogP) is 3.53. The van der Waals surface area contributed by atoms with Gasteiger partial charge < -0.3 is 15.1 Å². The molecule has 144 valence electrons. The van der Waals surface area contributed by atoms with Gasteiger partial charge in [0.15, 0.2) is 17.5 Å². The van der Waals surface area contributed by atoms with Crippen LogP contribution >= 0.6 is 0 Å². The van der Waals surface area contributed by atoms with Gasteiger partial charge in [-0.05, 0) is 36.8 Å². The van der Waals surface area contributed by atoms with Crippen LogP contribution in [-0.2, 0) is 0 Å². The third-order valence-electron chi connectivity index (χ3n) is 4.67. The minimum absolute atomic E-state index is 0.398. The lowest BCUT2D eigenvalue weighted by molar-refractivity contribution is 0.509. The Balaban J connectivity index is 1.43. The van der Waals surface area contributed by atoms with Crippen LogP contribution in [0.5, 0.6) is 0 Å². The highest BCUT2D eigenvalue weighted by atomic mass is 19.2. The molecule has 0 amide bonds. The van der Waals surface area contributed by atoms with Crippen molar-refractivity contribution < 1.29 is 8.78 Å². The van der Waals surface area contributed by atoms with Crippen LogP contribution in [0.15, 0.2) is 48.7 Å². The van der Waals surface area contributed by atoms with Crippen LogP contribution in [0.3, 0.4) is 0 Å². The van der Waals surface area contributed by atoms with Crippen molar-refractivity contribution in [1.82, 2.24) is 15.2 Å². The number of rotatable bonds is 4. The molecule has 1 aromatic heterocycles. The van der Waals surface area contributed by atoms with Gasteiger partial charge in [0.05, 0.1) is 6.20 Å². The Morgan fingerprint density at radius 1 is 0.929 bits per heavy atom. The van der Waals surface area contributed by atoms with E-state index in [0.29, 0.717) is 17.5 Å². The van der Waals surface area contributed by atoms with Crippen molar-refractivity contribution in [3.8, 4) is 0 Å². The molecule has 1 saturated heterocycles. The van der Waals surface area contributed by atoms with Crippen LogP contribution in [-0.4, -0.2) is 41.4 Å². The molecule has 2 heterocycles. The molecule has 28 heavy (non-hydrogen) atoms. The van der Waals surface area contributed by atoms with Crippen LogP contribution in [0.1, 0.15) is 5.56 Å². The van der Waals surface area contributed by atoms with Gasteiger partial charge >= 0.3 is 0 Å². The Morgan fingerprint density at radius 2 is 1.71 bits per heavy atom. The molecule has 0 saturated carbocycles. The molecule has 0 spiro atoms. The van der Waals surface area contributed by atoms with E-state index in [1.165, 1.54) is 23.5 Å².